The van der Waals surface area contributed by atoms with Crippen molar-refractivity contribution in [3.8, 4) is 17.2 Å². The van der Waals surface area contributed by atoms with Crippen LogP contribution in [0.4, 0.5) is 0 Å². The molecule has 0 spiro atoms. The lowest BCUT2D eigenvalue weighted by Gasteiger charge is -2.28. The zero-order valence-electron chi connectivity index (χ0n) is 25.5. The van der Waals surface area contributed by atoms with E-state index in [1.807, 2.05) is 42.5 Å². The molecule has 0 amide bonds. The number of Topliss-reactive ketones (excluding diaryl/α,β-unsaturated/α-hetero) is 1. The van der Waals surface area contributed by atoms with Crippen LogP contribution in [0.25, 0.3) is 0 Å². The number of piperazine rings is 1. The largest absolute Gasteiger partial charge is 0.493 e. The van der Waals surface area contributed by atoms with Crippen LogP contribution in [-0.4, -0.2) is 85.7 Å². The smallest absolute Gasteiger partial charge is 0.214 e. The molecule has 1 fully saturated rings. The van der Waals surface area contributed by atoms with Crippen LogP contribution in [0.3, 0.4) is 0 Å². The Morgan fingerprint density at radius 1 is 0.795 bits per heavy atom. The van der Waals surface area contributed by atoms with E-state index in [-0.39, 0.29) is 12.4 Å². The normalized spacial score (nSPS) is 14.1. The number of rotatable bonds is 13. The first-order valence-corrected chi connectivity index (χ1v) is 15.1. The number of benzene rings is 4. The van der Waals surface area contributed by atoms with Crippen molar-refractivity contribution in [2.24, 2.45) is 0 Å². The van der Waals surface area contributed by atoms with Gasteiger partial charge in [-0.2, -0.15) is 0 Å². The minimum absolute atomic E-state index is 0.0556. The summed E-state index contributed by atoms with van der Waals surface area (Å²) in [6.45, 7) is 3.87. The van der Waals surface area contributed by atoms with Crippen LogP contribution in [0.15, 0.2) is 103 Å². The monoisotopic (exact) mass is 593 g/mol. The molecule has 7 nitrogen and oxygen atoms in total. The minimum atomic E-state index is -0.728. The third kappa shape index (κ3) is 7.92. The molecular formula is C37H41N2O5+. The van der Waals surface area contributed by atoms with Crippen molar-refractivity contribution in [3.63, 3.8) is 0 Å². The number of nitrogens with zero attached hydrogens (tertiary/aromatic N) is 2. The first-order chi connectivity index (χ1) is 21.6. The molecule has 4 aromatic rings. The topological polar surface area (TPSA) is 71.2 Å². The van der Waals surface area contributed by atoms with Crippen LogP contribution >= 0.6 is 0 Å². The van der Waals surface area contributed by atoms with Crippen molar-refractivity contribution in [3.05, 3.63) is 125 Å². The fraction of sp³-hybridized carbons (Fsp3) is 0.297. The van der Waals surface area contributed by atoms with Crippen LogP contribution in [0.1, 0.15) is 33.5 Å². The van der Waals surface area contributed by atoms with Crippen LogP contribution < -0.4 is 14.2 Å². The number of carbonyl (C=O) groups excluding carboxylic acids is 1. The molecule has 0 aromatic heterocycles. The lowest BCUT2D eigenvalue weighted by atomic mass is 10.0. The van der Waals surface area contributed by atoms with Crippen LogP contribution in [0, 0.1) is 0 Å². The number of hydrogen-bond donors (Lipinski definition) is 1. The van der Waals surface area contributed by atoms with Gasteiger partial charge in [-0.25, -0.2) is 4.58 Å². The molecule has 1 aliphatic heterocycles. The summed E-state index contributed by atoms with van der Waals surface area (Å²) in [7, 11) is 3.09. The third-order valence-electron chi connectivity index (χ3n) is 7.95. The number of hydrogen-bond acceptors (Lipinski definition) is 6. The summed E-state index contributed by atoms with van der Waals surface area (Å²) < 4.78 is 19.4. The maximum Gasteiger partial charge on any atom is 0.214 e. The fourth-order valence-corrected chi connectivity index (χ4v) is 5.65. The van der Waals surface area contributed by atoms with Crippen molar-refractivity contribution >= 4 is 11.5 Å². The second-order valence-corrected chi connectivity index (χ2v) is 10.9. The Labute approximate surface area is 260 Å². The molecule has 0 saturated carbocycles. The second-order valence-electron chi connectivity index (χ2n) is 10.9. The maximum atomic E-state index is 13.3. The first kappa shape index (κ1) is 31.0. The highest BCUT2D eigenvalue weighted by molar-refractivity contribution is 6.09. The van der Waals surface area contributed by atoms with Gasteiger partial charge in [-0.1, -0.05) is 66.7 Å². The van der Waals surface area contributed by atoms with Gasteiger partial charge in [0.15, 0.2) is 30.4 Å². The van der Waals surface area contributed by atoms with Gasteiger partial charge in [0, 0.05) is 30.2 Å². The van der Waals surface area contributed by atoms with Gasteiger partial charge in [-0.05, 0) is 42.3 Å². The van der Waals surface area contributed by atoms with Crippen molar-refractivity contribution < 1.29 is 28.7 Å². The van der Waals surface area contributed by atoms with Gasteiger partial charge in [0.1, 0.15) is 18.5 Å². The minimum Gasteiger partial charge on any atom is -0.493 e. The zero-order valence-corrected chi connectivity index (χ0v) is 25.5. The van der Waals surface area contributed by atoms with Gasteiger partial charge in [0.25, 0.3) is 0 Å². The Morgan fingerprint density at radius 2 is 1.34 bits per heavy atom. The van der Waals surface area contributed by atoms with Crippen LogP contribution in [0.2, 0.25) is 0 Å². The molecule has 4 aromatic carbocycles. The molecule has 0 radical (unpaired) electrons. The molecule has 1 aliphatic rings. The van der Waals surface area contributed by atoms with E-state index in [0.717, 1.165) is 31.7 Å². The molecule has 228 valence electrons. The molecule has 1 saturated heterocycles. The van der Waals surface area contributed by atoms with Crippen molar-refractivity contribution in [2.75, 3.05) is 53.6 Å². The van der Waals surface area contributed by atoms with Gasteiger partial charge in [0.2, 0.25) is 5.71 Å². The van der Waals surface area contributed by atoms with E-state index < -0.39 is 6.10 Å². The van der Waals surface area contributed by atoms with Crippen molar-refractivity contribution in [1.82, 2.24) is 4.90 Å². The molecule has 5 rings (SSSR count). The average molecular weight is 594 g/mol. The summed E-state index contributed by atoms with van der Waals surface area (Å²) in [5, 5.41) is 11.0. The average Bonchev–Trinajstić information content (AvgIpc) is 3.08. The molecule has 0 bridgehead atoms. The van der Waals surface area contributed by atoms with E-state index in [0.29, 0.717) is 42.2 Å². The van der Waals surface area contributed by atoms with E-state index in [9.17, 15) is 9.90 Å². The number of aliphatic hydroxyl groups excluding tert-OH is 1. The Balaban J connectivity index is 1.23. The highest BCUT2D eigenvalue weighted by Crippen LogP contribution is 2.35. The summed E-state index contributed by atoms with van der Waals surface area (Å²) in [5.41, 5.74) is 5.14. The van der Waals surface area contributed by atoms with Crippen LogP contribution in [-0.2, 0) is 6.42 Å². The van der Waals surface area contributed by atoms with Gasteiger partial charge >= 0.3 is 0 Å². The Morgan fingerprint density at radius 3 is 1.91 bits per heavy atom. The number of methoxy groups -OCH3 is 2. The number of ether oxygens (including phenoxy) is 3. The summed E-state index contributed by atoms with van der Waals surface area (Å²) in [6, 6.07) is 34.3. The molecule has 1 heterocycles. The predicted molar refractivity (Wildman–Crippen MR) is 173 cm³/mol. The number of ketones is 1. The van der Waals surface area contributed by atoms with E-state index in [1.54, 1.807) is 26.4 Å². The highest BCUT2D eigenvalue weighted by atomic mass is 16.5. The highest BCUT2D eigenvalue weighted by Gasteiger charge is 2.27. The van der Waals surface area contributed by atoms with Gasteiger partial charge in [0.05, 0.1) is 32.9 Å². The summed E-state index contributed by atoms with van der Waals surface area (Å²) in [6.07, 6.45) is 0.220. The standard InChI is InChI=1S/C37H41N2O5/c1-42-35-24-32(33(41)19-18-28-12-6-3-7-13-28)34(25-36(35)43-2)44-27-31(40)26-38-20-22-39(23-21-38)37(29-14-8-4-9-15-29)30-16-10-5-11-17-30/h3-17,24-25,31,40H,18-23,26-27H2,1-2H3/q+1. The Bertz CT molecular complexity index is 1490. The summed E-state index contributed by atoms with van der Waals surface area (Å²) >= 11 is 0. The lowest BCUT2D eigenvalue weighted by Crippen LogP contribution is -2.47. The first-order valence-electron chi connectivity index (χ1n) is 15.1. The fourth-order valence-electron chi connectivity index (χ4n) is 5.65. The lowest BCUT2D eigenvalue weighted by molar-refractivity contribution is -0.539. The maximum absolute atomic E-state index is 13.3. The third-order valence-corrected chi connectivity index (χ3v) is 7.95. The number of carbonyl (C=O) groups is 1. The molecule has 0 aliphatic carbocycles. The molecule has 1 atom stereocenters. The molecule has 44 heavy (non-hydrogen) atoms. The quantitative estimate of drug-likeness (QED) is 0.171. The van der Waals surface area contributed by atoms with Gasteiger partial charge < -0.3 is 19.3 Å². The van der Waals surface area contributed by atoms with E-state index in [4.69, 9.17) is 14.2 Å². The number of aliphatic hydroxyl groups is 1. The summed E-state index contributed by atoms with van der Waals surface area (Å²) in [4.78, 5) is 15.6. The molecule has 7 heteroatoms. The Kier molecular flexibility index (Phi) is 10.8. The SMILES string of the molecule is COc1cc(OCC(O)CN2CC[N+](=C(c3ccccc3)c3ccccc3)CC2)c(C(=O)CCc2ccccc2)cc1OC. The van der Waals surface area contributed by atoms with Crippen molar-refractivity contribution in [1.29, 1.82) is 0 Å². The van der Waals surface area contributed by atoms with E-state index >= 15 is 0 Å². The second kappa shape index (κ2) is 15.3. The predicted octanol–water partition coefficient (Wildman–Crippen LogP) is 5.12. The van der Waals surface area contributed by atoms with Crippen LogP contribution in [0.5, 0.6) is 17.2 Å². The van der Waals surface area contributed by atoms with E-state index in [2.05, 4.69) is 58.0 Å². The van der Waals surface area contributed by atoms with Gasteiger partial charge in [-0.3, -0.25) is 9.69 Å². The van der Waals surface area contributed by atoms with Gasteiger partial charge in [-0.15, -0.1) is 0 Å². The Hall–Kier alpha value is -4.46. The molecule has 1 unspecified atom stereocenters. The zero-order chi connectivity index (χ0) is 30.7. The van der Waals surface area contributed by atoms with E-state index in [1.165, 1.54) is 16.8 Å². The molecule has 1 N–H and O–H groups in total. The number of aryl methyl sites for hydroxylation is 1. The van der Waals surface area contributed by atoms with Crippen molar-refractivity contribution in [2.45, 2.75) is 18.9 Å². The summed E-state index contributed by atoms with van der Waals surface area (Å²) in [5.74, 6) is 1.26. The number of β-amino-alcohol motifs (C(OH)–C–C–N with tert-alkyl or cyclic N) is 1. The molecular weight excluding hydrogens is 552 g/mol.